The molecule has 0 spiro atoms. The number of carbonyl (C=O) groups excluding carboxylic acids is 1. The Hall–Kier alpha value is -1.89. The second-order valence-electron chi connectivity index (χ2n) is 6.68. The van der Waals surface area contributed by atoms with Gasteiger partial charge in [0, 0.05) is 17.8 Å². The molecule has 1 amide bonds. The summed E-state index contributed by atoms with van der Waals surface area (Å²) in [6.07, 6.45) is 4.98. The fourth-order valence-electron chi connectivity index (χ4n) is 3.23. The van der Waals surface area contributed by atoms with E-state index in [1.807, 2.05) is 24.3 Å². The van der Waals surface area contributed by atoms with E-state index in [0.717, 1.165) is 23.3 Å². The monoisotopic (exact) mass is 392 g/mol. The molecule has 0 saturated heterocycles. The number of thioether (sulfide) groups is 1. The van der Waals surface area contributed by atoms with Gasteiger partial charge in [-0.1, -0.05) is 25.5 Å². The van der Waals surface area contributed by atoms with Gasteiger partial charge in [0.1, 0.15) is 5.75 Å². The van der Waals surface area contributed by atoms with Gasteiger partial charge in [-0.15, -0.1) is 0 Å². The van der Waals surface area contributed by atoms with E-state index < -0.39 is 5.91 Å². The average molecular weight is 393 g/mol. The summed E-state index contributed by atoms with van der Waals surface area (Å²) in [7, 11) is 0. The van der Waals surface area contributed by atoms with E-state index >= 15 is 0 Å². The van der Waals surface area contributed by atoms with Gasteiger partial charge < -0.3 is 21.1 Å². The van der Waals surface area contributed by atoms with Crippen LogP contribution in [0.3, 0.4) is 0 Å². The van der Waals surface area contributed by atoms with Gasteiger partial charge in [-0.05, 0) is 49.6 Å². The van der Waals surface area contributed by atoms with Crippen molar-refractivity contribution >= 4 is 23.6 Å². The van der Waals surface area contributed by atoms with Crippen molar-refractivity contribution in [2.24, 2.45) is 10.7 Å². The first-order valence-corrected chi connectivity index (χ1v) is 10.8. The summed E-state index contributed by atoms with van der Waals surface area (Å²) in [4.78, 5) is 15.6. The fourth-order valence-corrected chi connectivity index (χ4v) is 4.41. The number of nitrogens with two attached hydrogens (primary N) is 1. The lowest BCUT2D eigenvalue weighted by Gasteiger charge is -2.30. The quantitative estimate of drug-likeness (QED) is 0.444. The Morgan fingerprint density at radius 1 is 1.37 bits per heavy atom. The molecule has 0 aliphatic heterocycles. The molecule has 2 atom stereocenters. The molecule has 4 N–H and O–H groups in total. The van der Waals surface area contributed by atoms with Crippen molar-refractivity contribution in [1.29, 1.82) is 0 Å². The van der Waals surface area contributed by atoms with Crippen LogP contribution in [-0.2, 0) is 11.3 Å². The van der Waals surface area contributed by atoms with Gasteiger partial charge in [0.25, 0.3) is 5.91 Å². The van der Waals surface area contributed by atoms with E-state index in [1.54, 1.807) is 0 Å². The summed E-state index contributed by atoms with van der Waals surface area (Å²) >= 11 is 2.07. The number of benzene rings is 1. The minimum atomic E-state index is -0.482. The Labute approximate surface area is 166 Å². The van der Waals surface area contributed by atoms with Crippen LogP contribution in [-0.4, -0.2) is 42.1 Å². The highest BCUT2D eigenvalue weighted by Gasteiger charge is 2.22. The van der Waals surface area contributed by atoms with Crippen molar-refractivity contribution < 1.29 is 9.53 Å². The maximum atomic E-state index is 10.9. The zero-order valence-corrected chi connectivity index (χ0v) is 17.2. The molecule has 7 heteroatoms. The van der Waals surface area contributed by atoms with E-state index in [2.05, 4.69) is 36.2 Å². The van der Waals surface area contributed by atoms with Crippen molar-refractivity contribution in [2.75, 3.05) is 18.9 Å². The molecule has 2 rings (SSSR count). The summed E-state index contributed by atoms with van der Waals surface area (Å²) < 4.78 is 5.36. The first-order valence-electron chi connectivity index (χ1n) is 9.77. The number of rotatable bonds is 9. The number of hydrogen-bond acceptors (Lipinski definition) is 4. The highest BCUT2D eigenvalue weighted by molar-refractivity contribution is 7.99. The molecule has 1 saturated carbocycles. The number of ether oxygens (including phenoxy) is 1. The number of aliphatic imine (C=N–C) groups is 1. The second-order valence-corrected chi connectivity index (χ2v) is 8.26. The average Bonchev–Trinajstić information content (AvgIpc) is 2.66. The number of amides is 1. The van der Waals surface area contributed by atoms with Gasteiger partial charge in [-0.25, -0.2) is 4.99 Å². The molecule has 150 valence electrons. The summed E-state index contributed by atoms with van der Waals surface area (Å²) in [5.74, 6) is 2.18. The molecule has 1 aliphatic rings. The number of hydrogen-bond donors (Lipinski definition) is 3. The standard InChI is InChI=1S/C20H32N4O2S/c1-3-22-20(24-16-8-6-10-18(12-16)27-4-2)23-13-15-7-5-9-17(11-15)26-14-19(21)25/h5,7,9,11,16,18H,3-4,6,8,10,12-14H2,1-2H3,(H2,21,25)(H2,22,23,24). The van der Waals surface area contributed by atoms with Gasteiger partial charge in [-0.3, -0.25) is 4.79 Å². The summed E-state index contributed by atoms with van der Waals surface area (Å²) in [5.41, 5.74) is 6.15. The van der Waals surface area contributed by atoms with E-state index in [-0.39, 0.29) is 6.61 Å². The largest absolute Gasteiger partial charge is 0.484 e. The molecule has 1 aliphatic carbocycles. The molecule has 0 radical (unpaired) electrons. The number of carbonyl (C=O) groups is 1. The zero-order chi connectivity index (χ0) is 19.5. The number of nitrogens with one attached hydrogen (secondary N) is 2. The Balaban J connectivity index is 1.94. The van der Waals surface area contributed by atoms with Crippen molar-refractivity contribution in [1.82, 2.24) is 10.6 Å². The van der Waals surface area contributed by atoms with Crippen LogP contribution < -0.4 is 21.1 Å². The summed E-state index contributed by atoms with van der Waals surface area (Å²) in [5, 5.41) is 7.70. The summed E-state index contributed by atoms with van der Waals surface area (Å²) in [6.45, 7) is 5.56. The van der Waals surface area contributed by atoms with Gasteiger partial charge in [0.2, 0.25) is 0 Å². The van der Waals surface area contributed by atoms with Gasteiger partial charge >= 0.3 is 0 Å². The Kier molecular flexibility index (Phi) is 9.31. The van der Waals surface area contributed by atoms with Crippen molar-refractivity contribution in [3.63, 3.8) is 0 Å². The van der Waals surface area contributed by atoms with E-state index in [4.69, 9.17) is 15.5 Å². The number of nitrogens with zero attached hydrogens (tertiary/aromatic N) is 1. The minimum absolute atomic E-state index is 0.116. The topological polar surface area (TPSA) is 88.7 Å². The van der Waals surface area contributed by atoms with Crippen LogP contribution >= 0.6 is 11.8 Å². The normalized spacial score (nSPS) is 20.1. The minimum Gasteiger partial charge on any atom is -0.484 e. The third-order valence-electron chi connectivity index (χ3n) is 4.41. The van der Waals surface area contributed by atoms with Crippen LogP contribution in [0.4, 0.5) is 0 Å². The molecule has 0 aromatic heterocycles. The van der Waals surface area contributed by atoms with Crippen LogP contribution in [0, 0.1) is 0 Å². The highest BCUT2D eigenvalue weighted by atomic mass is 32.2. The third-order valence-corrected chi connectivity index (χ3v) is 5.65. The second kappa shape index (κ2) is 11.7. The van der Waals surface area contributed by atoms with Crippen molar-refractivity contribution in [2.45, 2.75) is 57.4 Å². The molecule has 1 aromatic carbocycles. The van der Waals surface area contributed by atoms with Crippen LogP contribution in [0.2, 0.25) is 0 Å². The van der Waals surface area contributed by atoms with Crippen LogP contribution in [0.1, 0.15) is 45.1 Å². The lowest BCUT2D eigenvalue weighted by Crippen LogP contribution is -2.45. The molecule has 1 fully saturated rings. The molecule has 0 heterocycles. The third kappa shape index (κ3) is 8.12. The Morgan fingerprint density at radius 3 is 2.96 bits per heavy atom. The van der Waals surface area contributed by atoms with Crippen LogP contribution in [0.15, 0.2) is 29.3 Å². The smallest absolute Gasteiger partial charge is 0.255 e. The first-order chi connectivity index (χ1) is 13.1. The van der Waals surface area contributed by atoms with E-state index in [9.17, 15) is 4.79 Å². The van der Waals surface area contributed by atoms with E-state index in [0.29, 0.717) is 18.3 Å². The summed E-state index contributed by atoms with van der Waals surface area (Å²) in [6, 6.07) is 8.08. The van der Waals surface area contributed by atoms with Crippen LogP contribution in [0.5, 0.6) is 5.75 Å². The van der Waals surface area contributed by atoms with E-state index in [1.165, 1.54) is 31.4 Å². The maximum Gasteiger partial charge on any atom is 0.255 e. The number of primary amides is 1. The molecule has 0 bridgehead atoms. The maximum absolute atomic E-state index is 10.9. The molecule has 2 unspecified atom stereocenters. The van der Waals surface area contributed by atoms with Gasteiger partial charge in [-0.2, -0.15) is 11.8 Å². The first kappa shape index (κ1) is 21.4. The van der Waals surface area contributed by atoms with Crippen LogP contribution in [0.25, 0.3) is 0 Å². The SMILES string of the molecule is CCNC(=NCc1cccc(OCC(N)=O)c1)NC1CCCC(SCC)C1. The Bertz CT molecular complexity index is 622. The van der Waals surface area contributed by atoms with Crippen molar-refractivity contribution in [3.05, 3.63) is 29.8 Å². The fraction of sp³-hybridized carbons (Fsp3) is 0.600. The molecule has 6 nitrogen and oxygen atoms in total. The molecular weight excluding hydrogens is 360 g/mol. The predicted octanol–water partition coefficient (Wildman–Crippen LogP) is 2.67. The molecular formula is C20H32N4O2S. The highest BCUT2D eigenvalue weighted by Crippen LogP contribution is 2.28. The lowest BCUT2D eigenvalue weighted by atomic mass is 9.95. The van der Waals surface area contributed by atoms with Crippen molar-refractivity contribution in [3.8, 4) is 5.75 Å². The zero-order valence-electron chi connectivity index (χ0n) is 16.4. The molecule has 1 aromatic rings. The Morgan fingerprint density at radius 2 is 2.22 bits per heavy atom. The molecule has 27 heavy (non-hydrogen) atoms. The number of guanidine groups is 1. The van der Waals surface area contributed by atoms with Gasteiger partial charge in [0.15, 0.2) is 12.6 Å². The van der Waals surface area contributed by atoms with Gasteiger partial charge in [0.05, 0.1) is 6.54 Å². The predicted molar refractivity (Wildman–Crippen MR) is 113 cm³/mol. The lowest BCUT2D eigenvalue weighted by molar-refractivity contribution is -0.119.